The highest BCUT2D eigenvalue weighted by Crippen LogP contribution is 2.22. The van der Waals surface area contributed by atoms with E-state index in [9.17, 15) is 8.42 Å². The molecule has 0 unspecified atom stereocenters. The standard InChI is InChI=1S/C17H16ClN3O4S/c1-11-3-8-14(9-15(11)18)26(22,23)19-10-16-20-21-17(25-16)12-4-6-13(24-2)7-5-12/h3-9,19H,10H2,1-2H3. The van der Waals surface area contributed by atoms with Gasteiger partial charge >= 0.3 is 0 Å². The summed E-state index contributed by atoms with van der Waals surface area (Å²) in [6, 6.07) is 11.6. The topological polar surface area (TPSA) is 94.3 Å². The number of methoxy groups -OCH3 is 1. The summed E-state index contributed by atoms with van der Waals surface area (Å²) in [5, 5.41) is 8.17. The van der Waals surface area contributed by atoms with Crippen LogP contribution < -0.4 is 9.46 Å². The van der Waals surface area contributed by atoms with Gasteiger partial charge in [-0.2, -0.15) is 0 Å². The Morgan fingerprint density at radius 3 is 2.54 bits per heavy atom. The molecule has 136 valence electrons. The van der Waals surface area contributed by atoms with Gasteiger partial charge in [-0.25, -0.2) is 13.1 Å². The van der Waals surface area contributed by atoms with Crippen LogP contribution in [0.4, 0.5) is 0 Å². The Morgan fingerprint density at radius 1 is 1.15 bits per heavy atom. The molecule has 9 heteroatoms. The summed E-state index contributed by atoms with van der Waals surface area (Å²) >= 11 is 5.99. The fourth-order valence-electron chi connectivity index (χ4n) is 2.16. The van der Waals surface area contributed by atoms with E-state index in [-0.39, 0.29) is 17.3 Å². The summed E-state index contributed by atoms with van der Waals surface area (Å²) < 4.78 is 37.7. The van der Waals surface area contributed by atoms with Gasteiger partial charge in [-0.15, -0.1) is 10.2 Å². The third-order valence-electron chi connectivity index (χ3n) is 3.67. The van der Waals surface area contributed by atoms with Crippen LogP contribution in [0.3, 0.4) is 0 Å². The van der Waals surface area contributed by atoms with Crippen LogP contribution >= 0.6 is 11.6 Å². The molecule has 3 aromatic rings. The van der Waals surface area contributed by atoms with Crippen LogP contribution in [0.1, 0.15) is 11.5 Å². The Kier molecular flexibility index (Phi) is 5.26. The molecule has 0 aliphatic heterocycles. The minimum atomic E-state index is -3.74. The van der Waals surface area contributed by atoms with Crippen molar-refractivity contribution in [1.29, 1.82) is 0 Å². The van der Waals surface area contributed by atoms with Crippen LogP contribution in [0.15, 0.2) is 51.8 Å². The molecule has 2 aromatic carbocycles. The Bertz CT molecular complexity index is 1020. The van der Waals surface area contributed by atoms with Crippen molar-refractivity contribution in [1.82, 2.24) is 14.9 Å². The Morgan fingerprint density at radius 2 is 1.88 bits per heavy atom. The lowest BCUT2D eigenvalue weighted by atomic mass is 10.2. The molecule has 0 fully saturated rings. The van der Waals surface area contributed by atoms with Crippen molar-refractivity contribution in [2.75, 3.05) is 7.11 Å². The maximum Gasteiger partial charge on any atom is 0.247 e. The monoisotopic (exact) mass is 393 g/mol. The van der Waals surface area contributed by atoms with E-state index < -0.39 is 10.0 Å². The van der Waals surface area contributed by atoms with Gasteiger partial charge in [-0.3, -0.25) is 0 Å². The Hall–Kier alpha value is -2.42. The van der Waals surface area contributed by atoms with E-state index in [0.717, 1.165) is 5.56 Å². The van der Waals surface area contributed by atoms with Crippen molar-refractivity contribution in [3.63, 3.8) is 0 Å². The molecule has 1 aromatic heterocycles. The zero-order valence-corrected chi connectivity index (χ0v) is 15.6. The smallest absolute Gasteiger partial charge is 0.247 e. The first-order valence-corrected chi connectivity index (χ1v) is 9.48. The Balaban J connectivity index is 1.71. The predicted octanol–water partition coefficient (Wildman–Crippen LogP) is 3.19. The number of aryl methyl sites for hydroxylation is 1. The number of rotatable bonds is 6. The van der Waals surface area contributed by atoms with Crippen LogP contribution in [0.5, 0.6) is 5.75 Å². The molecule has 0 amide bonds. The molecule has 0 atom stereocenters. The molecule has 1 N–H and O–H groups in total. The summed E-state index contributed by atoms with van der Waals surface area (Å²) in [5.41, 5.74) is 1.50. The van der Waals surface area contributed by atoms with E-state index in [1.807, 2.05) is 0 Å². The molecular weight excluding hydrogens is 378 g/mol. The van der Waals surface area contributed by atoms with E-state index >= 15 is 0 Å². The molecule has 0 saturated heterocycles. The molecule has 26 heavy (non-hydrogen) atoms. The number of hydrogen-bond donors (Lipinski definition) is 1. The molecule has 0 spiro atoms. The van der Waals surface area contributed by atoms with Crippen molar-refractivity contribution in [2.45, 2.75) is 18.4 Å². The van der Waals surface area contributed by atoms with E-state index in [1.54, 1.807) is 44.4 Å². The van der Waals surface area contributed by atoms with Crippen LogP contribution in [0.25, 0.3) is 11.5 Å². The second-order valence-corrected chi connectivity index (χ2v) is 7.64. The van der Waals surface area contributed by atoms with E-state index in [2.05, 4.69) is 14.9 Å². The third-order valence-corrected chi connectivity index (χ3v) is 5.48. The number of ether oxygens (including phenoxy) is 1. The maximum absolute atomic E-state index is 12.3. The highest BCUT2D eigenvalue weighted by molar-refractivity contribution is 7.89. The van der Waals surface area contributed by atoms with E-state index in [0.29, 0.717) is 22.2 Å². The molecule has 0 radical (unpaired) electrons. The lowest BCUT2D eigenvalue weighted by Gasteiger charge is -2.06. The van der Waals surface area contributed by atoms with Crippen molar-refractivity contribution < 1.29 is 17.6 Å². The van der Waals surface area contributed by atoms with Gasteiger partial charge in [0.15, 0.2) is 0 Å². The summed E-state index contributed by atoms with van der Waals surface area (Å²) in [6.45, 7) is 1.67. The van der Waals surface area contributed by atoms with E-state index in [1.165, 1.54) is 12.1 Å². The molecule has 3 rings (SSSR count). The van der Waals surface area contributed by atoms with Crippen molar-refractivity contribution in [2.24, 2.45) is 0 Å². The van der Waals surface area contributed by atoms with Gasteiger partial charge in [-0.1, -0.05) is 17.7 Å². The molecule has 0 aliphatic carbocycles. The van der Waals surface area contributed by atoms with Gasteiger partial charge in [-0.05, 0) is 48.9 Å². The van der Waals surface area contributed by atoms with Crippen LogP contribution in [-0.4, -0.2) is 25.7 Å². The zero-order valence-electron chi connectivity index (χ0n) is 14.1. The van der Waals surface area contributed by atoms with Crippen LogP contribution in [0.2, 0.25) is 5.02 Å². The lowest BCUT2D eigenvalue weighted by Crippen LogP contribution is -2.23. The van der Waals surface area contributed by atoms with Gasteiger partial charge in [0.25, 0.3) is 0 Å². The average Bonchev–Trinajstić information content (AvgIpc) is 3.11. The summed E-state index contributed by atoms with van der Waals surface area (Å²) in [4.78, 5) is 0.0722. The predicted molar refractivity (Wildman–Crippen MR) is 96.5 cm³/mol. The van der Waals surface area contributed by atoms with Gasteiger partial charge < -0.3 is 9.15 Å². The zero-order chi connectivity index (χ0) is 18.7. The second-order valence-electron chi connectivity index (χ2n) is 5.46. The molecule has 0 saturated carbocycles. The first kappa shape index (κ1) is 18.4. The fraction of sp³-hybridized carbons (Fsp3) is 0.176. The van der Waals surface area contributed by atoms with Gasteiger partial charge in [0.1, 0.15) is 5.75 Å². The molecule has 0 aliphatic rings. The summed E-state index contributed by atoms with van der Waals surface area (Å²) in [5.74, 6) is 1.15. The number of nitrogens with zero attached hydrogens (tertiary/aromatic N) is 2. The lowest BCUT2D eigenvalue weighted by molar-refractivity contribution is 0.415. The number of sulfonamides is 1. The minimum absolute atomic E-state index is 0.0722. The van der Waals surface area contributed by atoms with Crippen LogP contribution in [-0.2, 0) is 16.6 Å². The number of hydrogen-bond acceptors (Lipinski definition) is 6. The SMILES string of the molecule is COc1ccc(-c2nnc(CNS(=O)(=O)c3ccc(C)c(Cl)c3)o2)cc1. The first-order chi connectivity index (χ1) is 12.4. The molecule has 0 bridgehead atoms. The van der Waals surface area contributed by atoms with Gasteiger partial charge in [0.05, 0.1) is 18.6 Å². The number of aromatic nitrogens is 2. The highest BCUT2D eigenvalue weighted by atomic mass is 35.5. The summed E-state index contributed by atoms with van der Waals surface area (Å²) in [6.07, 6.45) is 0. The molecular formula is C17H16ClN3O4S. The number of halogens is 1. The van der Waals surface area contributed by atoms with Gasteiger partial charge in [0, 0.05) is 10.6 Å². The van der Waals surface area contributed by atoms with Crippen molar-refractivity contribution in [3.8, 4) is 17.2 Å². The van der Waals surface area contributed by atoms with Crippen molar-refractivity contribution in [3.05, 3.63) is 58.9 Å². The van der Waals surface area contributed by atoms with Gasteiger partial charge in [0.2, 0.25) is 21.8 Å². The largest absolute Gasteiger partial charge is 0.497 e. The van der Waals surface area contributed by atoms with E-state index in [4.69, 9.17) is 20.8 Å². The highest BCUT2D eigenvalue weighted by Gasteiger charge is 2.17. The number of benzene rings is 2. The minimum Gasteiger partial charge on any atom is -0.497 e. The quantitative estimate of drug-likeness (QED) is 0.691. The number of nitrogens with one attached hydrogen (secondary N) is 1. The first-order valence-electron chi connectivity index (χ1n) is 7.61. The average molecular weight is 394 g/mol. The van der Waals surface area contributed by atoms with Crippen LogP contribution in [0, 0.1) is 6.92 Å². The van der Waals surface area contributed by atoms with Crippen molar-refractivity contribution >= 4 is 21.6 Å². The maximum atomic E-state index is 12.3. The third kappa shape index (κ3) is 4.04. The normalized spacial score (nSPS) is 11.5. The molecule has 1 heterocycles. The molecule has 7 nitrogen and oxygen atoms in total. The fourth-order valence-corrected chi connectivity index (χ4v) is 3.40. The summed E-state index contributed by atoms with van der Waals surface area (Å²) in [7, 11) is -2.16. The Labute approximate surface area is 156 Å². The second kappa shape index (κ2) is 7.45.